The Hall–Kier alpha value is -1.92. The van der Waals surface area contributed by atoms with E-state index in [1.54, 1.807) is 0 Å². The predicted molar refractivity (Wildman–Crippen MR) is 101 cm³/mol. The predicted octanol–water partition coefficient (Wildman–Crippen LogP) is 2.10. The summed E-state index contributed by atoms with van der Waals surface area (Å²) in [5.41, 5.74) is 2.54. The molecule has 24 heavy (non-hydrogen) atoms. The van der Waals surface area contributed by atoms with E-state index in [0.717, 1.165) is 50.9 Å². The topological polar surface area (TPSA) is 36.3 Å². The second-order valence-corrected chi connectivity index (χ2v) is 6.50. The largest absolute Gasteiger partial charge is 0.358 e. The summed E-state index contributed by atoms with van der Waals surface area (Å²) < 4.78 is 1.93. The Kier molecular flexibility index (Phi) is 5.82. The van der Waals surface area contributed by atoms with E-state index in [9.17, 15) is 0 Å². The second kappa shape index (κ2) is 8.26. The van der Waals surface area contributed by atoms with E-state index < -0.39 is 0 Å². The zero-order chi connectivity index (χ0) is 16.8. The SMILES string of the molecule is CCn1cc(CNC(=S)N2CCN(Cc3ccccc3)CC2)cn1. The molecule has 0 radical (unpaired) electrons. The van der Waals surface area contributed by atoms with E-state index in [-0.39, 0.29) is 0 Å². The van der Waals surface area contributed by atoms with Crippen molar-refractivity contribution in [1.29, 1.82) is 0 Å². The summed E-state index contributed by atoms with van der Waals surface area (Å²) in [6, 6.07) is 10.6. The number of nitrogens with one attached hydrogen (secondary N) is 1. The lowest BCUT2D eigenvalue weighted by molar-refractivity contribution is 0.174. The molecule has 0 atom stereocenters. The number of aromatic nitrogens is 2. The lowest BCUT2D eigenvalue weighted by Crippen LogP contribution is -2.51. The minimum atomic E-state index is 0.739. The highest BCUT2D eigenvalue weighted by molar-refractivity contribution is 7.80. The Balaban J connectivity index is 1.41. The molecule has 1 saturated heterocycles. The van der Waals surface area contributed by atoms with Crippen LogP contribution in [0.3, 0.4) is 0 Å². The fourth-order valence-corrected chi connectivity index (χ4v) is 3.17. The van der Waals surface area contributed by atoms with Crippen molar-refractivity contribution in [3.63, 3.8) is 0 Å². The molecule has 6 heteroatoms. The van der Waals surface area contributed by atoms with Gasteiger partial charge in [0.1, 0.15) is 0 Å². The monoisotopic (exact) mass is 343 g/mol. The maximum Gasteiger partial charge on any atom is 0.169 e. The number of thiocarbonyl (C=S) groups is 1. The smallest absolute Gasteiger partial charge is 0.169 e. The first-order chi connectivity index (χ1) is 11.7. The highest BCUT2D eigenvalue weighted by atomic mass is 32.1. The lowest BCUT2D eigenvalue weighted by atomic mass is 10.2. The number of piperazine rings is 1. The van der Waals surface area contributed by atoms with Crippen LogP contribution < -0.4 is 5.32 Å². The zero-order valence-corrected chi connectivity index (χ0v) is 15.0. The maximum atomic E-state index is 5.55. The number of nitrogens with zero attached hydrogens (tertiary/aromatic N) is 4. The van der Waals surface area contributed by atoms with Gasteiger partial charge in [-0.05, 0) is 24.7 Å². The van der Waals surface area contributed by atoms with Crippen LogP contribution in [0.1, 0.15) is 18.1 Å². The van der Waals surface area contributed by atoms with E-state index in [2.05, 4.69) is 63.7 Å². The molecule has 1 aromatic heterocycles. The third-order valence-corrected chi connectivity index (χ3v) is 4.77. The van der Waals surface area contributed by atoms with Crippen molar-refractivity contribution in [3.8, 4) is 0 Å². The molecule has 1 N–H and O–H groups in total. The van der Waals surface area contributed by atoms with Crippen molar-refractivity contribution in [1.82, 2.24) is 24.9 Å². The van der Waals surface area contributed by atoms with Crippen molar-refractivity contribution in [2.75, 3.05) is 26.2 Å². The van der Waals surface area contributed by atoms with Gasteiger partial charge >= 0.3 is 0 Å². The molecule has 0 amide bonds. The molecule has 0 saturated carbocycles. The minimum Gasteiger partial charge on any atom is -0.358 e. The molecule has 1 aliphatic rings. The average molecular weight is 344 g/mol. The summed E-state index contributed by atoms with van der Waals surface area (Å²) in [7, 11) is 0. The van der Waals surface area contributed by atoms with Crippen molar-refractivity contribution in [3.05, 3.63) is 53.9 Å². The van der Waals surface area contributed by atoms with Gasteiger partial charge in [-0.2, -0.15) is 5.10 Å². The van der Waals surface area contributed by atoms with Crippen LogP contribution >= 0.6 is 12.2 Å². The summed E-state index contributed by atoms with van der Waals surface area (Å²) >= 11 is 5.55. The normalized spacial score (nSPS) is 15.5. The molecule has 5 nitrogen and oxygen atoms in total. The van der Waals surface area contributed by atoms with Crippen LogP contribution in [-0.4, -0.2) is 50.9 Å². The van der Waals surface area contributed by atoms with Crippen LogP contribution in [0.5, 0.6) is 0 Å². The van der Waals surface area contributed by atoms with E-state index in [1.165, 1.54) is 11.1 Å². The van der Waals surface area contributed by atoms with Gasteiger partial charge in [0.2, 0.25) is 0 Å². The van der Waals surface area contributed by atoms with Crippen LogP contribution in [0, 0.1) is 0 Å². The molecule has 0 aliphatic carbocycles. The number of aryl methyl sites for hydroxylation is 1. The summed E-state index contributed by atoms with van der Waals surface area (Å²) in [5.74, 6) is 0. The first-order valence-corrected chi connectivity index (χ1v) is 8.96. The molecule has 0 unspecified atom stereocenters. The van der Waals surface area contributed by atoms with Gasteiger partial charge in [-0.3, -0.25) is 9.58 Å². The molecule has 2 heterocycles. The molecule has 1 fully saturated rings. The standard InChI is InChI=1S/C18H25N5S/c1-2-23-15-17(13-20-23)12-19-18(24)22-10-8-21(9-11-22)14-16-6-4-3-5-7-16/h3-7,13,15H,2,8-12,14H2,1H3,(H,19,24). The molecular weight excluding hydrogens is 318 g/mol. The van der Waals surface area contributed by atoms with Gasteiger partial charge in [0, 0.05) is 57.6 Å². The Morgan fingerprint density at radius 1 is 1.12 bits per heavy atom. The van der Waals surface area contributed by atoms with E-state index in [4.69, 9.17) is 12.2 Å². The Morgan fingerprint density at radius 3 is 2.54 bits per heavy atom. The number of rotatable bonds is 5. The Morgan fingerprint density at radius 2 is 1.88 bits per heavy atom. The van der Waals surface area contributed by atoms with Crippen LogP contribution in [0.2, 0.25) is 0 Å². The highest BCUT2D eigenvalue weighted by Crippen LogP contribution is 2.09. The molecule has 2 aromatic rings. The van der Waals surface area contributed by atoms with Crippen molar-refractivity contribution in [2.45, 2.75) is 26.6 Å². The van der Waals surface area contributed by atoms with E-state index in [0.29, 0.717) is 0 Å². The van der Waals surface area contributed by atoms with Gasteiger partial charge in [0.15, 0.2) is 5.11 Å². The van der Waals surface area contributed by atoms with Gasteiger partial charge in [0.05, 0.1) is 6.20 Å². The second-order valence-electron chi connectivity index (χ2n) is 6.11. The first kappa shape index (κ1) is 16.9. The van der Waals surface area contributed by atoms with Gasteiger partial charge in [-0.1, -0.05) is 30.3 Å². The summed E-state index contributed by atoms with van der Waals surface area (Å²) in [4.78, 5) is 4.75. The quantitative estimate of drug-likeness (QED) is 0.842. The maximum absolute atomic E-state index is 5.55. The average Bonchev–Trinajstić information content (AvgIpc) is 3.09. The third-order valence-electron chi connectivity index (χ3n) is 4.36. The van der Waals surface area contributed by atoms with Gasteiger partial charge in [0.25, 0.3) is 0 Å². The van der Waals surface area contributed by atoms with Crippen LogP contribution in [0.15, 0.2) is 42.7 Å². The molecule has 0 spiro atoms. The minimum absolute atomic E-state index is 0.739. The third kappa shape index (κ3) is 4.55. The highest BCUT2D eigenvalue weighted by Gasteiger charge is 2.18. The summed E-state index contributed by atoms with van der Waals surface area (Å²) in [5, 5.41) is 8.49. The molecular formula is C18H25N5S. The Labute approximate surface area is 149 Å². The Bertz CT molecular complexity index is 646. The van der Waals surface area contributed by atoms with Crippen LogP contribution in [0.4, 0.5) is 0 Å². The molecule has 0 bridgehead atoms. The van der Waals surface area contributed by atoms with Crippen molar-refractivity contribution >= 4 is 17.3 Å². The summed E-state index contributed by atoms with van der Waals surface area (Å²) in [6.45, 7) is 8.79. The van der Waals surface area contributed by atoms with Crippen LogP contribution in [-0.2, 0) is 19.6 Å². The summed E-state index contributed by atoms with van der Waals surface area (Å²) in [6.07, 6.45) is 3.96. The fraction of sp³-hybridized carbons (Fsp3) is 0.444. The van der Waals surface area contributed by atoms with Gasteiger partial charge < -0.3 is 10.2 Å². The molecule has 1 aliphatic heterocycles. The van der Waals surface area contributed by atoms with Crippen molar-refractivity contribution < 1.29 is 0 Å². The van der Waals surface area contributed by atoms with Crippen molar-refractivity contribution in [2.24, 2.45) is 0 Å². The zero-order valence-electron chi connectivity index (χ0n) is 14.2. The molecule has 128 valence electrons. The van der Waals surface area contributed by atoms with Gasteiger partial charge in [-0.25, -0.2) is 0 Å². The number of benzene rings is 1. The van der Waals surface area contributed by atoms with Crippen LogP contribution in [0.25, 0.3) is 0 Å². The fourth-order valence-electron chi connectivity index (χ4n) is 2.91. The number of hydrogen-bond donors (Lipinski definition) is 1. The van der Waals surface area contributed by atoms with E-state index >= 15 is 0 Å². The lowest BCUT2D eigenvalue weighted by Gasteiger charge is -2.36. The molecule has 1 aromatic carbocycles. The van der Waals surface area contributed by atoms with E-state index in [1.807, 2.05) is 10.9 Å². The number of hydrogen-bond acceptors (Lipinski definition) is 3. The van der Waals surface area contributed by atoms with Gasteiger partial charge in [-0.15, -0.1) is 0 Å². The molecule has 3 rings (SSSR count). The first-order valence-electron chi connectivity index (χ1n) is 8.55.